The van der Waals surface area contributed by atoms with Gasteiger partial charge in [0, 0.05) is 17.1 Å². The fourth-order valence-corrected chi connectivity index (χ4v) is 3.23. The van der Waals surface area contributed by atoms with Crippen LogP contribution in [0.3, 0.4) is 0 Å². The van der Waals surface area contributed by atoms with Crippen LogP contribution in [0.5, 0.6) is 0 Å². The third-order valence-electron chi connectivity index (χ3n) is 4.07. The van der Waals surface area contributed by atoms with E-state index in [1.54, 1.807) is 42.5 Å². The lowest BCUT2D eigenvalue weighted by Crippen LogP contribution is -2.30. The zero-order valence-corrected chi connectivity index (χ0v) is 16.6. The second-order valence-electron chi connectivity index (χ2n) is 6.22. The Labute approximate surface area is 171 Å². The first kappa shape index (κ1) is 20.3. The zero-order valence-electron chi connectivity index (χ0n) is 15.8. The average molecular weight is 412 g/mol. The van der Waals surface area contributed by atoms with E-state index >= 15 is 0 Å². The molecule has 29 heavy (non-hydrogen) atoms. The number of rotatable bonds is 8. The van der Waals surface area contributed by atoms with Crippen molar-refractivity contribution in [2.75, 3.05) is 18.5 Å². The Bertz CT molecular complexity index is 981. The second-order valence-corrected chi connectivity index (χ2v) is 7.25. The van der Waals surface area contributed by atoms with Gasteiger partial charge in [-0.15, -0.1) is 11.3 Å². The molecule has 0 radical (unpaired) electrons. The molecule has 0 aliphatic carbocycles. The molecule has 3 rings (SSSR count). The summed E-state index contributed by atoms with van der Waals surface area (Å²) in [5, 5.41) is 7.39. The fraction of sp³-hybridized carbons (Fsp3) is 0.190. The summed E-state index contributed by atoms with van der Waals surface area (Å²) in [6.45, 7) is 1.91. The Morgan fingerprint density at radius 1 is 1.14 bits per heavy atom. The molecular formula is C21H20N2O5S. The molecule has 150 valence electrons. The number of nitrogens with one attached hydrogen (secondary N) is 2. The lowest BCUT2D eigenvalue weighted by atomic mass is 10.1. The van der Waals surface area contributed by atoms with Gasteiger partial charge in [-0.3, -0.25) is 9.59 Å². The molecule has 2 aromatic heterocycles. The lowest BCUT2D eigenvalue weighted by molar-refractivity contribution is -0.124. The Balaban J connectivity index is 1.51. The van der Waals surface area contributed by atoms with Crippen LogP contribution in [0.25, 0.3) is 0 Å². The summed E-state index contributed by atoms with van der Waals surface area (Å²) >= 11 is 1.62. The maximum atomic E-state index is 12.3. The van der Waals surface area contributed by atoms with Crippen molar-refractivity contribution >= 4 is 34.8 Å². The number of thiophene rings is 1. The van der Waals surface area contributed by atoms with Crippen molar-refractivity contribution in [3.8, 4) is 0 Å². The number of aryl methyl sites for hydroxylation is 1. The average Bonchev–Trinajstić information content (AvgIpc) is 3.42. The SMILES string of the molecule is Cc1ccc(C(=O)OCC(=O)NCCc2cccs2)cc1NC(=O)c1ccco1. The smallest absolute Gasteiger partial charge is 0.338 e. The number of benzene rings is 1. The van der Waals surface area contributed by atoms with Crippen molar-refractivity contribution in [3.05, 3.63) is 75.9 Å². The number of carbonyl (C=O) groups excluding carboxylic acids is 3. The van der Waals surface area contributed by atoms with Gasteiger partial charge >= 0.3 is 5.97 Å². The summed E-state index contributed by atoms with van der Waals surface area (Å²) in [6, 6.07) is 11.9. The molecule has 0 spiro atoms. The highest BCUT2D eigenvalue weighted by molar-refractivity contribution is 7.09. The van der Waals surface area contributed by atoms with Crippen molar-refractivity contribution in [3.63, 3.8) is 0 Å². The van der Waals surface area contributed by atoms with Crippen LogP contribution in [0.4, 0.5) is 5.69 Å². The summed E-state index contributed by atoms with van der Waals surface area (Å²) < 4.78 is 10.1. The standard InChI is InChI=1S/C21H20N2O5S/c1-14-6-7-15(12-17(14)23-20(25)18-5-2-10-27-18)21(26)28-13-19(24)22-9-8-16-4-3-11-29-16/h2-7,10-12H,8-9,13H2,1H3,(H,22,24)(H,23,25). The molecule has 7 nitrogen and oxygen atoms in total. The molecule has 0 atom stereocenters. The van der Waals surface area contributed by atoms with Gasteiger partial charge in [-0.2, -0.15) is 0 Å². The number of carbonyl (C=O) groups is 3. The van der Waals surface area contributed by atoms with Crippen LogP contribution >= 0.6 is 11.3 Å². The Hall–Kier alpha value is -3.39. The summed E-state index contributed by atoms with van der Waals surface area (Å²) in [4.78, 5) is 37.4. The van der Waals surface area contributed by atoms with Gasteiger partial charge in [0.1, 0.15) is 0 Å². The number of hydrogen-bond donors (Lipinski definition) is 2. The van der Waals surface area contributed by atoms with Gasteiger partial charge in [-0.05, 0) is 54.6 Å². The van der Waals surface area contributed by atoms with E-state index in [-0.39, 0.29) is 23.8 Å². The van der Waals surface area contributed by atoms with Gasteiger partial charge in [0.25, 0.3) is 11.8 Å². The third-order valence-corrected chi connectivity index (χ3v) is 5.01. The molecule has 0 fully saturated rings. The normalized spacial score (nSPS) is 10.4. The molecule has 8 heteroatoms. The predicted molar refractivity (Wildman–Crippen MR) is 109 cm³/mol. The van der Waals surface area contributed by atoms with Crippen molar-refractivity contribution in [1.29, 1.82) is 0 Å². The lowest BCUT2D eigenvalue weighted by Gasteiger charge is -2.10. The highest BCUT2D eigenvalue weighted by atomic mass is 32.1. The van der Waals surface area contributed by atoms with Crippen LogP contribution in [0.1, 0.15) is 31.4 Å². The number of amides is 2. The Kier molecular flexibility index (Phi) is 6.80. The number of furan rings is 1. The first-order valence-corrected chi connectivity index (χ1v) is 9.82. The van der Waals surface area contributed by atoms with E-state index < -0.39 is 11.9 Å². The second kappa shape index (κ2) is 9.70. The van der Waals surface area contributed by atoms with Crippen LogP contribution in [0.2, 0.25) is 0 Å². The van der Waals surface area contributed by atoms with Crippen LogP contribution in [0, 0.1) is 6.92 Å². The van der Waals surface area contributed by atoms with Gasteiger partial charge in [0.05, 0.1) is 11.8 Å². The van der Waals surface area contributed by atoms with E-state index in [1.165, 1.54) is 17.2 Å². The molecule has 0 saturated carbocycles. The first-order valence-electron chi connectivity index (χ1n) is 8.94. The van der Waals surface area contributed by atoms with Crippen LogP contribution in [-0.4, -0.2) is 30.9 Å². The van der Waals surface area contributed by atoms with Gasteiger partial charge in [0.2, 0.25) is 0 Å². The summed E-state index contributed by atoms with van der Waals surface area (Å²) in [7, 11) is 0. The van der Waals surface area contributed by atoms with Crippen molar-refractivity contribution in [1.82, 2.24) is 5.32 Å². The van der Waals surface area contributed by atoms with E-state index in [4.69, 9.17) is 9.15 Å². The summed E-state index contributed by atoms with van der Waals surface area (Å²) in [5.74, 6) is -1.27. The maximum absolute atomic E-state index is 12.3. The minimum absolute atomic E-state index is 0.164. The molecule has 0 aliphatic heterocycles. The van der Waals surface area contributed by atoms with Gasteiger partial charge < -0.3 is 19.8 Å². The van der Waals surface area contributed by atoms with Crippen LogP contribution in [-0.2, 0) is 16.0 Å². The third kappa shape index (κ3) is 5.79. The molecule has 3 aromatic rings. The van der Waals surface area contributed by atoms with E-state index in [0.29, 0.717) is 12.2 Å². The summed E-state index contributed by atoms with van der Waals surface area (Å²) in [6.07, 6.45) is 2.13. The molecule has 0 aliphatic rings. The number of hydrogen-bond acceptors (Lipinski definition) is 6. The van der Waals surface area contributed by atoms with Gasteiger partial charge in [-0.25, -0.2) is 4.79 Å². The number of esters is 1. The number of ether oxygens (including phenoxy) is 1. The fourth-order valence-electron chi connectivity index (χ4n) is 2.52. The van der Waals surface area contributed by atoms with E-state index in [1.807, 2.05) is 17.5 Å². The highest BCUT2D eigenvalue weighted by Crippen LogP contribution is 2.19. The maximum Gasteiger partial charge on any atom is 0.338 e. The van der Waals surface area contributed by atoms with E-state index in [9.17, 15) is 14.4 Å². The minimum atomic E-state index is -0.646. The molecule has 2 heterocycles. The van der Waals surface area contributed by atoms with Crippen LogP contribution in [0.15, 0.2) is 58.5 Å². The van der Waals surface area contributed by atoms with Crippen molar-refractivity contribution in [2.24, 2.45) is 0 Å². The van der Waals surface area contributed by atoms with Gasteiger partial charge in [0.15, 0.2) is 12.4 Å². The molecule has 0 saturated heterocycles. The molecule has 0 bridgehead atoms. The number of anilines is 1. The van der Waals surface area contributed by atoms with E-state index in [0.717, 1.165) is 12.0 Å². The predicted octanol–water partition coefficient (Wildman–Crippen LogP) is 3.42. The quantitative estimate of drug-likeness (QED) is 0.553. The monoisotopic (exact) mass is 412 g/mol. The van der Waals surface area contributed by atoms with Crippen LogP contribution < -0.4 is 10.6 Å². The first-order chi connectivity index (χ1) is 14.0. The molecule has 2 N–H and O–H groups in total. The largest absolute Gasteiger partial charge is 0.459 e. The Morgan fingerprint density at radius 3 is 2.72 bits per heavy atom. The Morgan fingerprint density at radius 2 is 2.00 bits per heavy atom. The molecular weight excluding hydrogens is 392 g/mol. The van der Waals surface area contributed by atoms with E-state index in [2.05, 4.69) is 10.6 Å². The molecule has 0 unspecified atom stereocenters. The summed E-state index contributed by atoms with van der Waals surface area (Å²) in [5.41, 5.74) is 1.46. The zero-order chi connectivity index (χ0) is 20.6. The van der Waals surface area contributed by atoms with Gasteiger partial charge in [-0.1, -0.05) is 12.1 Å². The van der Waals surface area contributed by atoms with Crippen molar-refractivity contribution < 1.29 is 23.5 Å². The topological polar surface area (TPSA) is 97.6 Å². The minimum Gasteiger partial charge on any atom is -0.459 e. The molecule has 2 amide bonds. The molecule has 1 aromatic carbocycles. The van der Waals surface area contributed by atoms with Crippen molar-refractivity contribution in [2.45, 2.75) is 13.3 Å². The highest BCUT2D eigenvalue weighted by Gasteiger charge is 2.15.